The van der Waals surface area contributed by atoms with Gasteiger partial charge >= 0.3 is 0 Å². The lowest BCUT2D eigenvalue weighted by atomic mass is 10.0. The van der Waals surface area contributed by atoms with Gasteiger partial charge in [0.25, 0.3) is 0 Å². The summed E-state index contributed by atoms with van der Waals surface area (Å²) in [6.45, 7) is 2.15. The van der Waals surface area contributed by atoms with Crippen molar-refractivity contribution < 1.29 is 18.0 Å². The minimum absolute atomic E-state index is 0.0653. The number of carbonyl (C=O) groups excluding carboxylic acids is 2. The summed E-state index contributed by atoms with van der Waals surface area (Å²) in [7, 11) is -3.42. The van der Waals surface area contributed by atoms with Crippen molar-refractivity contribution in [2.45, 2.75) is 31.4 Å². The average molecular weight is 338 g/mol. The lowest BCUT2D eigenvalue weighted by molar-refractivity contribution is -0.121. The molecule has 1 aromatic carbocycles. The second-order valence-electron chi connectivity index (χ2n) is 5.79. The van der Waals surface area contributed by atoms with Crippen LogP contribution >= 0.6 is 0 Å². The molecule has 1 aliphatic rings. The van der Waals surface area contributed by atoms with E-state index in [1.54, 1.807) is 4.90 Å². The number of hydrogen-bond acceptors (Lipinski definition) is 4. The molecule has 0 aromatic heterocycles. The van der Waals surface area contributed by atoms with E-state index in [2.05, 4.69) is 5.32 Å². The summed E-state index contributed by atoms with van der Waals surface area (Å²) in [5, 5.41) is 1.41. The van der Waals surface area contributed by atoms with Crippen molar-refractivity contribution in [3.8, 4) is 0 Å². The standard InChI is InChI=1S/C16H22N2O4S/c1-12(23(2,21)22)16(20)17-10-9-15(19)18-11-5-7-13-6-3-4-8-14(13)18/h3-4,6,8,12H,5,7,9-11H2,1-2H3,(H,17,20)/t12-/m0/s1. The molecule has 1 N–H and O–H groups in total. The van der Waals surface area contributed by atoms with Crippen molar-refractivity contribution in [2.24, 2.45) is 0 Å². The molecule has 126 valence electrons. The van der Waals surface area contributed by atoms with E-state index < -0.39 is 21.0 Å². The van der Waals surface area contributed by atoms with Gasteiger partial charge in [0.05, 0.1) is 0 Å². The van der Waals surface area contributed by atoms with E-state index >= 15 is 0 Å². The Balaban J connectivity index is 1.90. The zero-order valence-corrected chi connectivity index (χ0v) is 14.2. The van der Waals surface area contributed by atoms with Gasteiger partial charge in [-0.25, -0.2) is 8.42 Å². The SMILES string of the molecule is C[C@@H](C(=O)NCCC(=O)N1CCCc2ccccc21)S(C)(=O)=O. The van der Waals surface area contributed by atoms with Gasteiger partial charge in [-0.2, -0.15) is 0 Å². The van der Waals surface area contributed by atoms with Crippen LogP contribution in [0.5, 0.6) is 0 Å². The van der Waals surface area contributed by atoms with E-state index in [0.29, 0.717) is 6.54 Å². The molecule has 2 rings (SSSR count). The van der Waals surface area contributed by atoms with Crippen LogP contribution in [-0.2, 0) is 25.8 Å². The van der Waals surface area contributed by atoms with Crippen LogP contribution in [0.15, 0.2) is 24.3 Å². The topological polar surface area (TPSA) is 83.6 Å². The molecule has 0 fully saturated rings. The molecule has 1 atom stereocenters. The Morgan fingerprint density at radius 2 is 2.00 bits per heavy atom. The first-order chi connectivity index (χ1) is 10.8. The van der Waals surface area contributed by atoms with Gasteiger partial charge in [-0.15, -0.1) is 0 Å². The minimum Gasteiger partial charge on any atom is -0.354 e. The zero-order valence-electron chi connectivity index (χ0n) is 13.4. The zero-order chi connectivity index (χ0) is 17.0. The third-order valence-electron chi connectivity index (χ3n) is 4.06. The predicted octanol–water partition coefficient (Wildman–Crippen LogP) is 0.905. The van der Waals surface area contributed by atoms with E-state index in [0.717, 1.165) is 30.3 Å². The number of carbonyl (C=O) groups is 2. The lowest BCUT2D eigenvalue weighted by Crippen LogP contribution is -2.41. The molecule has 1 heterocycles. The molecule has 1 aliphatic heterocycles. The Kier molecular flexibility index (Phi) is 5.41. The Hall–Kier alpha value is -1.89. The largest absolute Gasteiger partial charge is 0.354 e. The monoisotopic (exact) mass is 338 g/mol. The van der Waals surface area contributed by atoms with Crippen molar-refractivity contribution in [1.29, 1.82) is 0 Å². The third kappa shape index (κ3) is 4.31. The Labute approximate surface area is 136 Å². The highest BCUT2D eigenvalue weighted by Crippen LogP contribution is 2.26. The Morgan fingerprint density at radius 1 is 1.30 bits per heavy atom. The van der Waals surface area contributed by atoms with Gasteiger partial charge in [-0.3, -0.25) is 9.59 Å². The number of sulfone groups is 1. The molecular weight excluding hydrogens is 316 g/mol. The maximum Gasteiger partial charge on any atom is 0.238 e. The summed E-state index contributed by atoms with van der Waals surface area (Å²) < 4.78 is 22.6. The highest BCUT2D eigenvalue weighted by molar-refractivity contribution is 7.92. The van der Waals surface area contributed by atoms with Gasteiger partial charge in [-0.05, 0) is 31.4 Å². The summed E-state index contributed by atoms with van der Waals surface area (Å²) >= 11 is 0. The number of anilines is 1. The van der Waals surface area contributed by atoms with Gasteiger partial charge in [0.1, 0.15) is 5.25 Å². The first kappa shape index (κ1) is 17.5. The van der Waals surface area contributed by atoms with E-state index in [9.17, 15) is 18.0 Å². The highest BCUT2D eigenvalue weighted by atomic mass is 32.2. The van der Waals surface area contributed by atoms with E-state index in [-0.39, 0.29) is 18.9 Å². The van der Waals surface area contributed by atoms with Crippen molar-refractivity contribution in [3.05, 3.63) is 29.8 Å². The fourth-order valence-corrected chi connectivity index (χ4v) is 3.03. The minimum atomic E-state index is -3.42. The van der Waals surface area contributed by atoms with Crippen molar-refractivity contribution >= 4 is 27.3 Å². The third-order valence-corrected chi connectivity index (χ3v) is 5.56. The second-order valence-corrected chi connectivity index (χ2v) is 8.16. The maximum absolute atomic E-state index is 12.4. The number of fused-ring (bicyclic) bond motifs is 1. The fourth-order valence-electron chi connectivity index (χ4n) is 2.56. The van der Waals surface area contributed by atoms with Crippen molar-refractivity contribution in [3.63, 3.8) is 0 Å². The summed E-state index contributed by atoms with van der Waals surface area (Å²) in [6, 6.07) is 7.81. The van der Waals surface area contributed by atoms with E-state index in [1.165, 1.54) is 6.92 Å². The highest BCUT2D eigenvalue weighted by Gasteiger charge is 2.24. The number of benzene rings is 1. The van der Waals surface area contributed by atoms with Crippen LogP contribution in [0.2, 0.25) is 0 Å². The normalized spacial score (nSPS) is 15.7. The predicted molar refractivity (Wildman–Crippen MR) is 89.0 cm³/mol. The molecule has 7 heteroatoms. The lowest BCUT2D eigenvalue weighted by Gasteiger charge is -2.29. The second kappa shape index (κ2) is 7.12. The summed E-state index contributed by atoms with van der Waals surface area (Å²) in [5.41, 5.74) is 2.08. The molecule has 0 radical (unpaired) electrons. The van der Waals surface area contributed by atoms with Crippen LogP contribution < -0.4 is 10.2 Å². The molecular formula is C16H22N2O4S. The molecule has 2 amide bonds. The smallest absolute Gasteiger partial charge is 0.238 e. The quantitative estimate of drug-likeness (QED) is 0.865. The first-order valence-electron chi connectivity index (χ1n) is 7.65. The number of nitrogens with zero attached hydrogens (tertiary/aromatic N) is 1. The van der Waals surface area contributed by atoms with Crippen LogP contribution in [0.25, 0.3) is 0 Å². The molecule has 0 saturated heterocycles. The molecule has 6 nitrogen and oxygen atoms in total. The molecule has 0 unspecified atom stereocenters. The fraction of sp³-hybridized carbons (Fsp3) is 0.500. The van der Waals surface area contributed by atoms with Crippen LogP contribution in [-0.4, -0.2) is 44.8 Å². The number of amides is 2. The number of nitrogens with one attached hydrogen (secondary N) is 1. The maximum atomic E-state index is 12.4. The first-order valence-corrected chi connectivity index (χ1v) is 9.61. The van der Waals surface area contributed by atoms with E-state index in [4.69, 9.17) is 0 Å². The van der Waals surface area contributed by atoms with Gasteiger partial charge in [0, 0.05) is 31.5 Å². The van der Waals surface area contributed by atoms with Gasteiger partial charge in [0.15, 0.2) is 9.84 Å². The summed E-state index contributed by atoms with van der Waals surface area (Å²) in [4.78, 5) is 25.8. The number of aryl methyl sites for hydroxylation is 1. The van der Waals surface area contributed by atoms with Crippen LogP contribution in [0.3, 0.4) is 0 Å². The number of para-hydroxylation sites is 1. The number of rotatable bonds is 5. The van der Waals surface area contributed by atoms with Gasteiger partial charge in [-0.1, -0.05) is 18.2 Å². The van der Waals surface area contributed by atoms with Crippen molar-refractivity contribution in [1.82, 2.24) is 5.32 Å². The molecule has 0 spiro atoms. The summed E-state index contributed by atoms with van der Waals surface area (Å²) in [5.74, 6) is -0.635. The van der Waals surface area contributed by atoms with Crippen molar-refractivity contribution in [2.75, 3.05) is 24.2 Å². The molecule has 0 aliphatic carbocycles. The van der Waals surface area contributed by atoms with Gasteiger partial charge in [0.2, 0.25) is 11.8 Å². The Bertz CT molecular complexity index is 700. The molecule has 1 aromatic rings. The average Bonchev–Trinajstić information content (AvgIpc) is 2.52. The van der Waals surface area contributed by atoms with E-state index in [1.807, 2.05) is 24.3 Å². The van der Waals surface area contributed by atoms with Crippen LogP contribution in [0.4, 0.5) is 5.69 Å². The molecule has 23 heavy (non-hydrogen) atoms. The summed E-state index contributed by atoms with van der Waals surface area (Å²) in [6.07, 6.45) is 3.05. The van der Waals surface area contributed by atoms with Gasteiger partial charge < -0.3 is 10.2 Å². The van der Waals surface area contributed by atoms with Crippen LogP contribution in [0.1, 0.15) is 25.3 Å². The molecule has 0 bridgehead atoms. The Morgan fingerprint density at radius 3 is 2.70 bits per heavy atom. The molecule has 0 saturated carbocycles. The number of hydrogen-bond donors (Lipinski definition) is 1. The van der Waals surface area contributed by atoms with Crippen LogP contribution in [0, 0.1) is 0 Å².